The summed E-state index contributed by atoms with van der Waals surface area (Å²) in [5.74, 6) is 0. The quantitative estimate of drug-likeness (QED) is 0.832. The first-order chi connectivity index (χ1) is 7.86. The largest absolute Gasteiger partial charge is 0.388 e. The van der Waals surface area contributed by atoms with Crippen molar-refractivity contribution in [3.05, 3.63) is 41.8 Å². The van der Waals surface area contributed by atoms with Crippen LogP contribution in [0, 0.1) is 0 Å². The molecule has 0 fully saturated rings. The number of pyridine rings is 1. The fraction of sp³-hybridized carbons (Fsp3) is 0.182. The number of nitrogens with zero attached hydrogens (tertiary/aromatic N) is 2. The van der Waals surface area contributed by atoms with Crippen molar-refractivity contribution in [2.75, 3.05) is 12.4 Å². The predicted octanol–water partition coefficient (Wildman–Crippen LogP) is 2.18. The van der Waals surface area contributed by atoms with Crippen molar-refractivity contribution in [2.45, 2.75) is 5.37 Å². The summed E-state index contributed by atoms with van der Waals surface area (Å²) in [6.45, 7) is 0. The zero-order valence-electron chi connectivity index (χ0n) is 8.84. The molecule has 2 aromatic heterocycles. The van der Waals surface area contributed by atoms with Crippen LogP contribution in [-0.2, 0) is 0 Å². The molecule has 16 heavy (non-hydrogen) atoms. The van der Waals surface area contributed by atoms with Gasteiger partial charge in [0.1, 0.15) is 11.0 Å². The molecule has 5 heteroatoms. The average Bonchev–Trinajstić information content (AvgIpc) is 2.96. The number of anilines is 1. The number of imidazole rings is 1. The Bertz CT molecular complexity index is 538. The Morgan fingerprint density at radius 2 is 2.50 bits per heavy atom. The molecule has 2 aromatic rings. The number of fused-ring (bicyclic) bond motifs is 1. The van der Waals surface area contributed by atoms with Gasteiger partial charge in [-0.25, -0.2) is 4.98 Å². The predicted molar refractivity (Wildman–Crippen MR) is 67.3 cm³/mol. The van der Waals surface area contributed by atoms with Crippen molar-refractivity contribution in [3.8, 4) is 0 Å². The first-order valence-electron chi connectivity index (χ1n) is 5.10. The highest BCUT2D eigenvalue weighted by atomic mass is 32.2. The first kappa shape index (κ1) is 9.59. The molecule has 0 amide bonds. The Balaban J connectivity index is 2.01. The third-order valence-corrected chi connectivity index (χ3v) is 3.51. The lowest BCUT2D eigenvalue weighted by atomic mass is 10.4. The number of aromatic nitrogens is 2. The molecule has 1 unspecified atom stereocenters. The van der Waals surface area contributed by atoms with Gasteiger partial charge in [-0.1, -0.05) is 0 Å². The van der Waals surface area contributed by atoms with Crippen molar-refractivity contribution in [1.82, 2.24) is 14.7 Å². The molecular weight excluding hydrogens is 220 g/mol. The highest BCUT2D eigenvalue weighted by Gasteiger charge is 2.16. The van der Waals surface area contributed by atoms with Gasteiger partial charge in [0.25, 0.3) is 0 Å². The van der Waals surface area contributed by atoms with Crippen molar-refractivity contribution in [2.24, 2.45) is 0 Å². The standard InChI is InChI=1S/C11H12N4S/c1-12-8-2-4-15-7-9(14-10(15)6-8)11-13-3-5-16-11/h2-7,11-13H,1H3. The summed E-state index contributed by atoms with van der Waals surface area (Å²) in [4.78, 5) is 4.60. The molecule has 0 saturated carbocycles. The lowest BCUT2D eigenvalue weighted by molar-refractivity contribution is 0.837. The van der Waals surface area contributed by atoms with Crippen LogP contribution in [0.2, 0.25) is 0 Å². The number of hydrogen-bond acceptors (Lipinski definition) is 4. The van der Waals surface area contributed by atoms with Crippen LogP contribution in [-0.4, -0.2) is 16.4 Å². The van der Waals surface area contributed by atoms with Crippen molar-refractivity contribution < 1.29 is 0 Å². The molecule has 3 heterocycles. The van der Waals surface area contributed by atoms with Gasteiger partial charge in [0.05, 0.1) is 5.69 Å². The number of thioether (sulfide) groups is 1. The molecule has 0 aliphatic carbocycles. The van der Waals surface area contributed by atoms with Crippen molar-refractivity contribution in [3.63, 3.8) is 0 Å². The molecule has 2 N–H and O–H groups in total. The zero-order valence-corrected chi connectivity index (χ0v) is 9.66. The molecule has 0 spiro atoms. The summed E-state index contributed by atoms with van der Waals surface area (Å²) in [6, 6.07) is 4.07. The lowest BCUT2D eigenvalue weighted by Crippen LogP contribution is -2.06. The van der Waals surface area contributed by atoms with E-state index in [9.17, 15) is 0 Å². The van der Waals surface area contributed by atoms with Crippen LogP contribution in [0.1, 0.15) is 11.1 Å². The molecule has 0 bridgehead atoms. The van der Waals surface area contributed by atoms with Gasteiger partial charge in [-0.3, -0.25) is 0 Å². The van der Waals surface area contributed by atoms with Crippen molar-refractivity contribution in [1.29, 1.82) is 0 Å². The van der Waals surface area contributed by atoms with E-state index in [1.807, 2.05) is 41.4 Å². The second-order valence-corrected chi connectivity index (χ2v) is 4.60. The second-order valence-electron chi connectivity index (χ2n) is 3.58. The van der Waals surface area contributed by atoms with Crippen LogP contribution >= 0.6 is 11.8 Å². The SMILES string of the molecule is CNc1ccn2cc(C3NC=CS3)nc2c1. The lowest BCUT2D eigenvalue weighted by Gasteiger charge is -2.04. The van der Waals surface area contributed by atoms with E-state index in [1.165, 1.54) is 0 Å². The Labute approximate surface area is 97.8 Å². The maximum absolute atomic E-state index is 4.60. The third kappa shape index (κ3) is 1.53. The normalized spacial score (nSPS) is 18.9. The topological polar surface area (TPSA) is 41.4 Å². The second kappa shape index (κ2) is 3.75. The van der Waals surface area contributed by atoms with E-state index >= 15 is 0 Å². The van der Waals surface area contributed by atoms with Crippen LogP contribution in [0.15, 0.2) is 36.1 Å². The van der Waals surface area contributed by atoms with Gasteiger partial charge in [0.2, 0.25) is 0 Å². The van der Waals surface area contributed by atoms with Gasteiger partial charge in [-0.15, -0.1) is 11.8 Å². The van der Waals surface area contributed by atoms with Gasteiger partial charge >= 0.3 is 0 Å². The van der Waals surface area contributed by atoms with Gasteiger partial charge in [0.15, 0.2) is 0 Å². The van der Waals surface area contributed by atoms with E-state index in [0.29, 0.717) is 0 Å². The zero-order chi connectivity index (χ0) is 11.0. The maximum Gasteiger partial charge on any atom is 0.139 e. The van der Waals surface area contributed by atoms with E-state index in [4.69, 9.17) is 0 Å². The van der Waals surface area contributed by atoms with E-state index in [1.54, 1.807) is 11.8 Å². The third-order valence-electron chi connectivity index (χ3n) is 2.57. The molecule has 3 rings (SSSR count). The van der Waals surface area contributed by atoms with Crippen LogP contribution in [0.3, 0.4) is 0 Å². The average molecular weight is 232 g/mol. The van der Waals surface area contributed by atoms with Crippen LogP contribution in [0.5, 0.6) is 0 Å². The fourth-order valence-electron chi connectivity index (χ4n) is 1.72. The molecular formula is C11H12N4S. The Morgan fingerprint density at radius 1 is 1.56 bits per heavy atom. The van der Waals surface area contributed by atoms with Gasteiger partial charge in [0, 0.05) is 37.4 Å². The number of rotatable bonds is 2. The minimum absolute atomic E-state index is 0.248. The van der Waals surface area contributed by atoms with E-state index in [0.717, 1.165) is 17.0 Å². The number of nitrogens with one attached hydrogen (secondary N) is 2. The van der Waals surface area contributed by atoms with E-state index in [-0.39, 0.29) is 5.37 Å². The van der Waals surface area contributed by atoms with Gasteiger partial charge in [-0.05, 0) is 11.5 Å². The Morgan fingerprint density at radius 3 is 3.25 bits per heavy atom. The molecule has 0 aromatic carbocycles. The minimum atomic E-state index is 0.248. The summed E-state index contributed by atoms with van der Waals surface area (Å²) >= 11 is 1.74. The minimum Gasteiger partial charge on any atom is -0.388 e. The highest BCUT2D eigenvalue weighted by molar-refractivity contribution is 8.02. The molecule has 0 saturated heterocycles. The summed E-state index contributed by atoms with van der Waals surface area (Å²) in [5, 5.41) is 8.66. The smallest absolute Gasteiger partial charge is 0.139 e. The molecule has 82 valence electrons. The molecule has 4 nitrogen and oxygen atoms in total. The van der Waals surface area contributed by atoms with Crippen LogP contribution in [0.25, 0.3) is 5.65 Å². The Hall–Kier alpha value is -1.62. The highest BCUT2D eigenvalue weighted by Crippen LogP contribution is 2.30. The first-order valence-corrected chi connectivity index (χ1v) is 6.04. The molecule has 0 radical (unpaired) electrons. The van der Waals surface area contributed by atoms with Crippen LogP contribution < -0.4 is 10.6 Å². The monoisotopic (exact) mass is 232 g/mol. The fourth-order valence-corrected chi connectivity index (χ4v) is 2.45. The molecule has 1 aliphatic heterocycles. The summed E-state index contributed by atoms with van der Waals surface area (Å²) in [6.07, 6.45) is 6.04. The maximum atomic E-state index is 4.60. The van der Waals surface area contributed by atoms with E-state index in [2.05, 4.69) is 21.8 Å². The van der Waals surface area contributed by atoms with Crippen molar-refractivity contribution >= 4 is 23.1 Å². The molecule has 1 aliphatic rings. The van der Waals surface area contributed by atoms with Gasteiger partial charge < -0.3 is 15.0 Å². The van der Waals surface area contributed by atoms with Crippen LogP contribution in [0.4, 0.5) is 5.69 Å². The Kier molecular flexibility index (Phi) is 2.25. The summed E-state index contributed by atoms with van der Waals surface area (Å²) in [5.41, 5.74) is 3.11. The molecule has 1 atom stereocenters. The van der Waals surface area contributed by atoms with Gasteiger partial charge in [-0.2, -0.15) is 0 Å². The summed E-state index contributed by atoms with van der Waals surface area (Å²) in [7, 11) is 1.91. The van der Waals surface area contributed by atoms with E-state index < -0.39 is 0 Å². The number of hydrogen-bond donors (Lipinski definition) is 2. The summed E-state index contributed by atoms with van der Waals surface area (Å²) < 4.78 is 2.04.